The van der Waals surface area contributed by atoms with E-state index in [2.05, 4.69) is 0 Å². The van der Waals surface area contributed by atoms with Crippen LogP contribution in [0, 0.1) is 10.1 Å². The fourth-order valence-corrected chi connectivity index (χ4v) is 2.26. The van der Waals surface area contributed by atoms with Gasteiger partial charge in [-0.15, -0.1) is 0 Å². The Hall–Kier alpha value is -3.04. The van der Waals surface area contributed by atoms with Crippen LogP contribution < -0.4 is 5.32 Å². The second-order valence-electron chi connectivity index (χ2n) is 5.20. The van der Waals surface area contributed by atoms with E-state index < -0.39 is 51.9 Å². The summed E-state index contributed by atoms with van der Waals surface area (Å²) in [5, 5.41) is 12.6. The van der Waals surface area contributed by atoms with Gasteiger partial charge in [-0.1, -0.05) is 30.3 Å². The minimum atomic E-state index is -5.00. The van der Waals surface area contributed by atoms with Crippen molar-refractivity contribution >= 4 is 11.6 Å². The van der Waals surface area contributed by atoms with E-state index >= 15 is 0 Å². The van der Waals surface area contributed by atoms with Crippen LogP contribution in [0.5, 0.6) is 0 Å². The van der Waals surface area contributed by atoms with Crippen molar-refractivity contribution in [2.24, 2.45) is 0 Å². The number of halogens is 5. The molecule has 2 aromatic carbocycles. The molecule has 0 aromatic heterocycles. The van der Waals surface area contributed by atoms with E-state index in [0.29, 0.717) is 12.1 Å². The Labute approximate surface area is 143 Å². The molecule has 26 heavy (non-hydrogen) atoms. The van der Waals surface area contributed by atoms with Crippen molar-refractivity contribution in [3.05, 3.63) is 75.3 Å². The largest absolute Gasteiger partial charge is 0.416 e. The van der Waals surface area contributed by atoms with Crippen molar-refractivity contribution in [2.75, 3.05) is 6.54 Å². The lowest BCUT2D eigenvalue weighted by molar-refractivity contribution is -0.385. The second kappa shape index (κ2) is 7.06. The number of nitrogens with one attached hydrogen (secondary N) is 1. The summed E-state index contributed by atoms with van der Waals surface area (Å²) in [4.78, 5) is 21.9. The second-order valence-corrected chi connectivity index (χ2v) is 5.20. The quantitative estimate of drug-likeness (QED) is 0.486. The maximum Gasteiger partial charge on any atom is 0.416 e. The Morgan fingerprint density at radius 2 is 1.50 bits per heavy atom. The minimum Gasteiger partial charge on any atom is -0.345 e. The van der Waals surface area contributed by atoms with Gasteiger partial charge in [-0.25, -0.2) is 0 Å². The molecule has 0 radical (unpaired) electrons. The molecule has 0 saturated heterocycles. The molecular formula is C16H11F5N2O3. The van der Waals surface area contributed by atoms with Gasteiger partial charge in [0.05, 0.1) is 17.0 Å². The number of hydrogen-bond acceptors (Lipinski definition) is 3. The number of alkyl halides is 5. The van der Waals surface area contributed by atoms with Gasteiger partial charge in [-0.05, 0) is 12.1 Å². The molecule has 2 aromatic rings. The van der Waals surface area contributed by atoms with Gasteiger partial charge in [0.1, 0.15) is 5.56 Å². The highest BCUT2D eigenvalue weighted by atomic mass is 19.4. The maximum absolute atomic E-state index is 14.2. The van der Waals surface area contributed by atoms with Crippen molar-refractivity contribution in [1.82, 2.24) is 5.32 Å². The number of hydrogen-bond donors (Lipinski definition) is 1. The highest BCUT2D eigenvalue weighted by molar-refractivity contribution is 5.98. The van der Waals surface area contributed by atoms with Crippen LogP contribution in [-0.2, 0) is 12.1 Å². The summed E-state index contributed by atoms with van der Waals surface area (Å²) in [7, 11) is 0. The van der Waals surface area contributed by atoms with Gasteiger partial charge in [-0.3, -0.25) is 14.9 Å². The van der Waals surface area contributed by atoms with E-state index in [-0.39, 0.29) is 0 Å². The average molecular weight is 374 g/mol. The van der Waals surface area contributed by atoms with Gasteiger partial charge in [0, 0.05) is 11.6 Å². The van der Waals surface area contributed by atoms with Gasteiger partial charge in [0.15, 0.2) is 0 Å². The molecule has 0 atom stereocenters. The van der Waals surface area contributed by atoms with Crippen LogP contribution in [0.1, 0.15) is 21.5 Å². The van der Waals surface area contributed by atoms with Crippen LogP contribution in [0.4, 0.5) is 27.6 Å². The number of nitro benzene ring substituents is 1. The van der Waals surface area contributed by atoms with Gasteiger partial charge in [-0.2, -0.15) is 22.0 Å². The van der Waals surface area contributed by atoms with Crippen LogP contribution in [0.15, 0.2) is 48.5 Å². The number of carbonyl (C=O) groups excluding carboxylic acids is 1. The first-order valence-electron chi connectivity index (χ1n) is 7.10. The first-order valence-corrected chi connectivity index (χ1v) is 7.10. The minimum absolute atomic E-state index is 0.475. The zero-order valence-corrected chi connectivity index (χ0v) is 12.9. The third kappa shape index (κ3) is 4.13. The lowest BCUT2D eigenvalue weighted by Gasteiger charge is -2.21. The third-order valence-electron chi connectivity index (χ3n) is 3.44. The summed E-state index contributed by atoms with van der Waals surface area (Å²) in [5.41, 5.74) is -3.90. The van der Waals surface area contributed by atoms with Crippen molar-refractivity contribution in [1.29, 1.82) is 0 Å². The van der Waals surface area contributed by atoms with Crippen LogP contribution in [0.3, 0.4) is 0 Å². The van der Waals surface area contributed by atoms with E-state index in [4.69, 9.17) is 0 Å². The molecule has 5 nitrogen and oxygen atoms in total. The zero-order valence-electron chi connectivity index (χ0n) is 12.9. The molecule has 2 rings (SSSR count). The van der Waals surface area contributed by atoms with E-state index in [0.717, 1.165) is 24.3 Å². The summed E-state index contributed by atoms with van der Waals surface area (Å²) in [6.07, 6.45) is -5.00. The van der Waals surface area contributed by atoms with Crippen LogP contribution in [0.25, 0.3) is 0 Å². The van der Waals surface area contributed by atoms with E-state index in [9.17, 15) is 36.9 Å². The number of amides is 1. The van der Waals surface area contributed by atoms with E-state index in [1.165, 1.54) is 12.1 Å². The molecule has 10 heteroatoms. The first kappa shape index (κ1) is 19.3. The Kier molecular flexibility index (Phi) is 5.24. The molecule has 0 aliphatic heterocycles. The molecule has 0 saturated carbocycles. The topological polar surface area (TPSA) is 72.2 Å². The van der Waals surface area contributed by atoms with Crippen LogP contribution in [-0.4, -0.2) is 17.4 Å². The van der Waals surface area contributed by atoms with E-state index in [1.54, 1.807) is 5.32 Å². The summed E-state index contributed by atoms with van der Waals surface area (Å²) in [6.45, 7) is -1.45. The number of benzene rings is 2. The van der Waals surface area contributed by atoms with Crippen LogP contribution in [0.2, 0.25) is 0 Å². The SMILES string of the molecule is O=C(NCC(F)(F)c1ccccc1C(F)(F)F)c1ccccc1[N+](=O)[O-]. The number of nitro groups is 1. The Morgan fingerprint density at radius 3 is 2.08 bits per heavy atom. The van der Waals surface area contributed by atoms with Gasteiger partial charge in [0.2, 0.25) is 0 Å². The third-order valence-corrected chi connectivity index (χ3v) is 3.44. The molecule has 1 N–H and O–H groups in total. The molecule has 0 spiro atoms. The Morgan fingerprint density at radius 1 is 0.962 bits per heavy atom. The molecule has 0 aliphatic rings. The Balaban J connectivity index is 2.25. The predicted octanol–water partition coefficient (Wildman–Crippen LogP) is 4.14. The van der Waals surface area contributed by atoms with Crippen molar-refractivity contribution in [2.45, 2.75) is 12.1 Å². The summed E-state index contributed by atoms with van der Waals surface area (Å²) >= 11 is 0. The van der Waals surface area contributed by atoms with Crippen molar-refractivity contribution < 1.29 is 31.7 Å². The molecule has 0 fully saturated rings. The number of nitrogens with zero attached hydrogens (tertiary/aromatic N) is 1. The molecule has 1 amide bonds. The lowest BCUT2D eigenvalue weighted by Crippen LogP contribution is -2.36. The van der Waals surface area contributed by atoms with Crippen molar-refractivity contribution in [3.63, 3.8) is 0 Å². The number of carbonyl (C=O) groups is 1. The predicted molar refractivity (Wildman–Crippen MR) is 80.8 cm³/mol. The molecule has 138 valence electrons. The van der Waals surface area contributed by atoms with E-state index in [1.807, 2.05) is 0 Å². The fourth-order valence-electron chi connectivity index (χ4n) is 2.26. The highest BCUT2D eigenvalue weighted by Gasteiger charge is 2.42. The lowest BCUT2D eigenvalue weighted by atomic mass is 10.0. The van der Waals surface area contributed by atoms with Crippen molar-refractivity contribution in [3.8, 4) is 0 Å². The van der Waals surface area contributed by atoms with Crippen LogP contribution >= 0.6 is 0 Å². The fraction of sp³-hybridized carbons (Fsp3) is 0.188. The van der Waals surface area contributed by atoms with Gasteiger partial charge in [0.25, 0.3) is 17.5 Å². The molecule has 0 bridgehead atoms. The number of rotatable bonds is 5. The first-order chi connectivity index (χ1) is 12.0. The molecular weight excluding hydrogens is 363 g/mol. The molecule has 0 aliphatic carbocycles. The monoisotopic (exact) mass is 374 g/mol. The molecule has 0 unspecified atom stereocenters. The standard InChI is InChI=1S/C16H11F5N2O3/c17-15(18,11-6-2-3-7-12(11)16(19,20)21)9-22-14(24)10-5-1-4-8-13(10)23(25)26/h1-8H,9H2,(H,22,24). The van der Waals surface area contributed by atoms with Gasteiger partial charge < -0.3 is 5.32 Å². The van der Waals surface area contributed by atoms with Gasteiger partial charge >= 0.3 is 6.18 Å². The molecule has 0 heterocycles. The summed E-state index contributed by atoms with van der Waals surface area (Å²) in [6, 6.07) is 7.73. The number of para-hydroxylation sites is 1. The maximum atomic E-state index is 14.2. The average Bonchev–Trinajstić information content (AvgIpc) is 2.59. The normalized spacial score (nSPS) is 11.9. The summed E-state index contributed by atoms with van der Waals surface area (Å²) in [5.74, 6) is -5.23. The Bertz CT molecular complexity index is 837. The smallest absolute Gasteiger partial charge is 0.345 e. The highest BCUT2D eigenvalue weighted by Crippen LogP contribution is 2.39. The summed E-state index contributed by atoms with van der Waals surface area (Å²) < 4.78 is 67.1. The zero-order chi connectivity index (χ0) is 19.5.